The quantitative estimate of drug-likeness (QED) is 0.712. The minimum atomic E-state index is 0.709. The van der Waals surface area contributed by atoms with Gasteiger partial charge in [-0.3, -0.25) is 0 Å². The maximum atomic E-state index is 5.47. The first kappa shape index (κ1) is 11.3. The lowest BCUT2D eigenvalue weighted by atomic mass is 10.1. The molecule has 0 aromatic carbocycles. The molecule has 0 spiro atoms. The van der Waals surface area contributed by atoms with Crippen LogP contribution in [0.25, 0.3) is 0 Å². The molecule has 88 valence electrons. The van der Waals surface area contributed by atoms with E-state index in [4.69, 9.17) is 5.73 Å². The van der Waals surface area contributed by atoms with E-state index in [-0.39, 0.29) is 0 Å². The van der Waals surface area contributed by atoms with Gasteiger partial charge in [0.1, 0.15) is 12.1 Å². The molecule has 5 nitrogen and oxygen atoms in total. The molecule has 0 amide bonds. The van der Waals surface area contributed by atoms with E-state index in [9.17, 15) is 0 Å². The Balaban J connectivity index is 2.12. The molecule has 1 aliphatic heterocycles. The number of aromatic nitrogens is 2. The summed E-state index contributed by atoms with van der Waals surface area (Å²) in [5.41, 5.74) is 7.90. The molecule has 3 N–H and O–H groups in total. The van der Waals surface area contributed by atoms with Gasteiger partial charge < -0.3 is 16.0 Å². The summed E-state index contributed by atoms with van der Waals surface area (Å²) in [6.07, 6.45) is 3.63. The van der Waals surface area contributed by atoms with Gasteiger partial charge in [0.05, 0.1) is 5.69 Å². The Hall–Kier alpha value is -1.20. The van der Waals surface area contributed by atoms with Gasteiger partial charge in [0.2, 0.25) is 0 Å². The average molecular weight is 221 g/mol. The van der Waals surface area contributed by atoms with Crippen molar-refractivity contribution >= 4 is 5.82 Å². The maximum Gasteiger partial charge on any atom is 0.134 e. The van der Waals surface area contributed by atoms with Crippen molar-refractivity contribution in [2.45, 2.75) is 19.4 Å². The van der Waals surface area contributed by atoms with Gasteiger partial charge in [0, 0.05) is 31.6 Å². The topological polar surface area (TPSA) is 67.1 Å². The van der Waals surface area contributed by atoms with Crippen LogP contribution in [0.4, 0.5) is 5.82 Å². The molecule has 2 heterocycles. The molecule has 5 heteroatoms. The predicted molar refractivity (Wildman–Crippen MR) is 64.2 cm³/mol. The second-order valence-electron chi connectivity index (χ2n) is 4.20. The van der Waals surface area contributed by atoms with Crippen LogP contribution in [0.5, 0.6) is 0 Å². The minimum absolute atomic E-state index is 0.709. The molecule has 0 aliphatic carbocycles. The lowest BCUT2D eigenvalue weighted by molar-refractivity contribution is 0.310. The Morgan fingerprint density at radius 2 is 2.38 bits per heavy atom. The van der Waals surface area contributed by atoms with E-state index < -0.39 is 0 Å². The molecular weight excluding hydrogens is 202 g/mol. The van der Waals surface area contributed by atoms with Gasteiger partial charge in [0.15, 0.2) is 0 Å². The van der Waals surface area contributed by atoms with Crippen LogP contribution in [0.1, 0.15) is 17.7 Å². The van der Waals surface area contributed by atoms with Crippen molar-refractivity contribution in [3.05, 3.63) is 17.6 Å². The zero-order valence-electron chi connectivity index (χ0n) is 9.74. The highest BCUT2D eigenvalue weighted by Gasteiger charge is 2.17. The highest BCUT2D eigenvalue weighted by atomic mass is 15.1. The summed E-state index contributed by atoms with van der Waals surface area (Å²) < 4.78 is 0. The molecule has 16 heavy (non-hydrogen) atoms. The number of rotatable bonds is 4. The van der Waals surface area contributed by atoms with Crippen LogP contribution in [-0.4, -0.2) is 41.5 Å². The molecular formula is C11H19N5. The van der Waals surface area contributed by atoms with Gasteiger partial charge in [-0.1, -0.05) is 0 Å². The largest absolute Gasteiger partial charge is 0.370 e. The summed E-state index contributed by atoms with van der Waals surface area (Å²) in [5, 5.41) is 3.34. The predicted octanol–water partition coefficient (Wildman–Crippen LogP) is 0.225. The van der Waals surface area contributed by atoms with Crippen molar-refractivity contribution in [1.82, 2.24) is 14.9 Å². The molecule has 2 rings (SSSR count). The minimum Gasteiger partial charge on any atom is -0.370 e. The van der Waals surface area contributed by atoms with Crippen LogP contribution in [0.15, 0.2) is 6.33 Å². The lowest BCUT2D eigenvalue weighted by Gasteiger charge is -2.25. The number of likely N-dealkylation sites (N-methyl/N-ethyl adjacent to an activating group) is 1. The number of anilines is 1. The first-order valence-electron chi connectivity index (χ1n) is 5.76. The number of fused-ring (bicyclic) bond motifs is 1. The smallest absolute Gasteiger partial charge is 0.134 e. The van der Waals surface area contributed by atoms with E-state index in [1.165, 1.54) is 11.3 Å². The summed E-state index contributed by atoms with van der Waals surface area (Å²) in [6.45, 7) is 3.59. The van der Waals surface area contributed by atoms with Crippen LogP contribution < -0.4 is 11.1 Å². The van der Waals surface area contributed by atoms with Crippen LogP contribution >= 0.6 is 0 Å². The van der Waals surface area contributed by atoms with Gasteiger partial charge in [-0.05, 0) is 20.0 Å². The zero-order valence-corrected chi connectivity index (χ0v) is 9.74. The molecule has 1 aromatic heterocycles. The summed E-state index contributed by atoms with van der Waals surface area (Å²) >= 11 is 0. The SMILES string of the molecule is CN1CCc2ncnc(NCCCN)c2C1. The number of nitrogens with two attached hydrogens (primary N) is 1. The molecule has 0 atom stereocenters. The number of nitrogens with one attached hydrogen (secondary N) is 1. The van der Waals surface area contributed by atoms with Crippen LogP contribution in [0.2, 0.25) is 0 Å². The molecule has 0 bridgehead atoms. The zero-order chi connectivity index (χ0) is 11.4. The van der Waals surface area contributed by atoms with Crippen molar-refractivity contribution in [2.75, 3.05) is 32.0 Å². The third-order valence-corrected chi connectivity index (χ3v) is 2.87. The molecule has 0 radical (unpaired) electrons. The third-order valence-electron chi connectivity index (χ3n) is 2.87. The highest BCUT2D eigenvalue weighted by molar-refractivity contribution is 5.46. The van der Waals surface area contributed by atoms with Gasteiger partial charge in [-0.15, -0.1) is 0 Å². The Morgan fingerprint density at radius 3 is 3.19 bits per heavy atom. The third kappa shape index (κ3) is 2.48. The van der Waals surface area contributed by atoms with Crippen molar-refractivity contribution < 1.29 is 0 Å². The van der Waals surface area contributed by atoms with Crippen LogP contribution in [0, 0.1) is 0 Å². The molecule has 1 aliphatic rings. The Bertz CT molecular complexity index is 352. The monoisotopic (exact) mass is 221 g/mol. The van der Waals surface area contributed by atoms with Crippen molar-refractivity contribution in [3.8, 4) is 0 Å². The average Bonchev–Trinajstić information content (AvgIpc) is 2.30. The number of hydrogen-bond acceptors (Lipinski definition) is 5. The van der Waals surface area contributed by atoms with E-state index in [1.54, 1.807) is 6.33 Å². The highest BCUT2D eigenvalue weighted by Crippen LogP contribution is 2.21. The lowest BCUT2D eigenvalue weighted by Crippen LogP contribution is -2.28. The normalized spacial score (nSPS) is 15.9. The van der Waals surface area contributed by atoms with Crippen LogP contribution in [-0.2, 0) is 13.0 Å². The van der Waals surface area contributed by atoms with Crippen LogP contribution in [0.3, 0.4) is 0 Å². The number of nitrogens with zero attached hydrogens (tertiary/aromatic N) is 3. The molecule has 0 saturated carbocycles. The van der Waals surface area contributed by atoms with Gasteiger partial charge in [-0.2, -0.15) is 0 Å². The van der Waals surface area contributed by atoms with E-state index >= 15 is 0 Å². The Labute approximate surface area is 96.1 Å². The van der Waals surface area contributed by atoms with Gasteiger partial charge >= 0.3 is 0 Å². The summed E-state index contributed by atoms with van der Waals surface area (Å²) in [5.74, 6) is 0.977. The fourth-order valence-electron chi connectivity index (χ4n) is 1.94. The first-order valence-corrected chi connectivity index (χ1v) is 5.76. The van der Waals surface area contributed by atoms with Gasteiger partial charge in [-0.25, -0.2) is 9.97 Å². The maximum absolute atomic E-state index is 5.47. The van der Waals surface area contributed by atoms with Crippen molar-refractivity contribution in [1.29, 1.82) is 0 Å². The second kappa shape index (κ2) is 5.23. The van der Waals surface area contributed by atoms with Crippen molar-refractivity contribution in [3.63, 3.8) is 0 Å². The second-order valence-corrected chi connectivity index (χ2v) is 4.20. The summed E-state index contributed by atoms with van der Waals surface area (Å²) in [7, 11) is 2.12. The molecule has 0 unspecified atom stereocenters. The molecule has 1 aromatic rings. The summed E-state index contributed by atoms with van der Waals surface area (Å²) in [6, 6.07) is 0. The van der Waals surface area contributed by atoms with Gasteiger partial charge in [0.25, 0.3) is 0 Å². The Morgan fingerprint density at radius 1 is 1.50 bits per heavy atom. The van der Waals surface area contributed by atoms with Crippen molar-refractivity contribution in [2.24, 2.45) is 5.73 Å². The van der Waals surface area contributed by atoms with E-state index in [1.807, 2.05) is 0 Å². The fourth-order valence-corrected chi connectivity index (χ4v) is 1.94. The molecule has 0 saturated heterocycles. The van der Waals surface area contributed by atoms with E-state index in [0.717, 1.165) is 38.3 Å². The number of hydrogen-bond donors (Lipinski definition) is 2. The van der Waals surface area contributed by atoms with E-state index in [2.05, 4.69) is 27.2 Å². The standard InChI is InChI=1S/C11H19N5/c1-16-6-3-10-9(7-16)11(15-8-14-10)13-5-2-4-12/h8H,2-7,12H2,1H3,(H,13,14,15). The summed E-state index contributed by atoms with van der Waals surface area (Å²) in [4.78, 5) is 10.9. The Kier molecular flexibility index (Phi) is 3.69. The fraction of sp³-hybridized carbons (Fsp3) is 0.636. The first-order chi connectivity index (χ1) is 7.81. The molecule has 0 fully saturated rings. The van der Waals surface area contributed by atoms with E-state index in [0.29, 0.717) is 6.54 Å².